The molecule has 22 heavy (non-hydrogen) atoms. The van der Waals surface area contributed by atoms with E-state index in [1.54, 1.807) is 0 Å². The Balaban J connectivity index is 1.95. The van der Waals surface area contributed by atoms with Gasteiger partial charge in [0.2, 0.25) is 0 Å². The van der Waals surface area contributed by atoms with Gasteiger partial charge >= 0.3 is 6.09 Å². The Morgan fingerprint density at radius 1 is 1.45 bits per heavy atom. The molecule has 1 amide bonds. The number of aryl methyl sites for hydroxylation is 1. The van der Waals surface area contributed by atoms with Gasteiger partial charge in [-0.2, -0.15) is 0 Å². The van der Waals surface area contributed by atoms with Crippen LogP contribution >= 0.6 is 0 Å². The van der Waals surface area contributed by atoms with Crippen molar-refractivity contribution in [1.82, 2.24) is 9.97 Å². The first-order valence-corrected chi connectivity index (χ1v) is 7.24. The number of carbonyl (C=O) groups is 1. The summed E-state index contributed by atoms with van der Waals surface area (Å²) < 4.78 is 5.09. The lowest BCUT2D eigenvalue weighted by molar-refractivity contribution is 0.117. The average molecular weight is 301 g/mol. The number of anilines is 2. The topological polar surface area (TPSA) is 93.4 Å². The van der Waals surface area contributed by atoms with Crippen molar-refractivity contribution in [1.29, 1.82) is 0 Å². The zero-order chi connectivity index (χ0) is 15.7. The monoisotopic (exact) mass is 301 g/mol. The van der Waals surface area contributed by atoms with Gasteiger partial charge in [0.05, 0.1) is 12.1 Å². The SMILES string of the molecule is CNc1ccc2c(N3CCC(OC(N)=O)C3)nc(C)nc2c1. The summed E-state index contributed by atoms with van der Waals surface area (Å²) >= 11 is 0. The first-order chi connectivity index (χ1) is 10.6. The smallest absolute Gasteiger partial charge is 0.404 e. The second kappa shape index (κ2) is 5.67. The molecule has 3 N–H and O–H groups in total. The van der Waals surface area contributed by atoms with Gasteiger partial charge < -0.3 is 20.7 Å². The number of nitrogens with one attached hydrogen (secondary N) is 1. The van der Waals surface area contributed by atoms with E-state index in [1.807, 2.05) is 32.2 Å². The molecule has 0 bridgehead atoms. The van der Waals surface area contributed by atoms with E-state index in [0.717, 1.165) is 41.2 Å². The van der Waals surface area contributed by atoms with Crippen molar-refractivity contribution in [3.05, 3.63) is 24.0 Å². The van der Waals surface area contributed by atoms with Crippen molar-refractivity contribution in [2.75, 3.05) is 30.4 Å². The molecule has 1 unspecified atom stereocenters. The van der Waals surface area contributed by atoms with Gasteiger partial charge in [0.25, 0.3) is 0 Å². The molecule has 2 aromatic rings. The highest BCUT2D eigenvalue weighted by Crippen LogP contribution is 2.29. The number of nitrogens with two attached hydrogens (primary N) is 1. The van der Waals surface area contributed by atoms with Gasteiger partial charge in [-0.05, 0) is 25.1 Å². The second-order valence-electron chi connectivity index (χ2n) is 5.37. The van der Waals surface area contributed by atoms with Crippen LogP contribution in [0, 0.1) is 6.92 Å². The summed E-state index contributed by atoms with van der Waals surface area (Å²) in [5.74, 6) is 1.59. The fraction of sp³-hybridized carbons (Fsp3) is 0.400. The van der Waals surface area contributed by atoms with Crippen LogP contribution < -0.4 is 16.0 Å². The maximum Gasteiger partial charge on any atom is 0.404 e. The van der Waals surface area contributed by atoms with Crippen LogP contribution in [0.4, 0.5) is 16.3 Å². The minimum atomic E-state index is -0.728. The summed E-state index contributed by atoms with van der Waals surface area (Å²) in [7, 11) is 1.88. The Hall–Kier alpha value is -2.57. The van der Waals surface area contributed by atoms with Crippen molar-refractivity contribution < 1.29 is 9.53 Å². The molecule has 0 aliphatic carbocycles. The number of fused-ring (bicyclic) bond motifs is 1. The minimum absolute atomic E-state index is 0.181. The maximum absolute atomic E-state index is 10.9. The molecule has 0 spiro atoms. The van der Waals surface area contributed by atoms with Crippen molar-refractivity contribution in [2.24, 2.45) is 5.73 Å². The molecule has 7 nitrogen and oxygen atoms in total. The maximum atomic E-state index is 10.9. The summed E-state index contributed by atoms with van der Waals surface area (Å²) in [6.07, 6.45) is -0.157. The Labute approximate surface area is 128 Å². The van der Waals surface area contributed by atoms with Crippen LogP contribution in [0.2, 0.25) is 0 Å². The first kappa shape index (κ1) is 14.4. The fourth-order valence-electron chi connectivity index (χ4n) is 2.80. The molecule has 1 saturated heterocycles. The molecule has 1 aliphatic rings. The number of hydrogen-bond acceptors (Lipinski definition) is 6. The molecule has 1 fully saturated rings. The number of amides is 1. The molecule has 1 aliphatic heterocycles. The highest BCUT2D eigenvalue weighted by Gasteiger charge is 2.27. The van der Waals surface area contributed by atoms with Crippen LogP contribution in [0.25, 0.3) is 10.9 Å². The molecule has 1 aromatic heterocycles. The van der Waals surface area contributed by atoms with E-state index < -0.39 is 6.09 Å². The predicted molar refractivity (Wildman–Crippen MR) is 85.1 cm³/mol. The van der Waals surface area contributed by atoms with Gasteiger partial charge in [-0.25, -0.2) is 14.8 Å². The standard InChI is InChI=1S/C15H19N5O2/c1-9-18-13-7-10(17-2)3-4-12(13)14(19-9)20-6-5-11(8-20)22-15(16)21/h3-4,7,11,17H,5-6,8H2,1-2H3,(H2,16,21). The van der Waals surface area contributed by atoms with Gasteiger partial charge in [-0.15, -0.1) is 0 Å². The van der Waals surface area contributed by atoms with Crippen molar-refractivity contribution >= 4 is 28.5 Å². The normalized spacial score (nSPS) is 17.7. The number of ether oxygens (including phenoxy) is 1. The van der Waals surface area contributed by atoms with Crippen LogP contribution in [-0.4, -0.2) is 42.3 Å². The number of nitrogens with zero attached hydrogens (tertiary/aromatic N) is 3. The van der Waals surface area contributed by atoms with E-state index in [9.17, 15) is 4.79 Å². The van der Waals surface area contributed by atoms with Gasteiger partial charge in [0, 0.05) is 31.1 Å². The summed E-state index contributed by atoms with van der Waals surface area (Å²) in [6, 6.07) is 6.01. The number of hydrogen-bond donors (Lipinski definition) is 2. The van der Waals surface area contributed by atoms with Crippen LogP contribution in [0.15, 0.2) is 18.2 Å². The third kappa shape index (κ3) is 2.74. The average Bonchev–Trinajstić information content (AvgIpc) is 2.93. The van der Waals surface area contributed by atoms with Gasteiger partial charge in [0.15, 0.2) is 0 Å². The first-order valence-electron chi connectivity index (χ1n) is 7.24. The highest BCUT2D eigenvalue weighted by atomic mass is 16.6. The molecule has 2 heterocycles. The Morgan fingerprint density at radius 3 is 3.00 bits per heavy atom. The molecule has 7 heteroatoms. The van der Waals surface area contributed by atoms with E-state index in [2.05, 4.69) is 20.2 Å². The third-order valence-electron chi connectivity index (χ3n) is 3.80. The molecule has 1 aromatic carbocycles. The lowest BCUT2D eigenvalue weighted by Gasteiger charge is -2.19. The van der Waals surface area contributed by atoms with Gasteiger partial charge in [0.1, 0.15) is 17.7 Å². The van der Waals surface area contributed by atoms with Crippen LogP contribution in [0.1, 0.15) is 12.2 Å². The third-order valence-corrected chi connectivity index (χ3v) is 3.80. The van der Waals surface area contributed by atoms with Crippen molar-refractivity contribution in [3.8, 4) is 0 Å². The number of benzene rings is 1. The molecular formula is C15H19N5O2. The number of aromatic nitrogens is 2. The Kier molecular flexibility index (Phi) is 3.70. The zero-order valence-corrected chi connectivity index (χ0v) is 12.7. The molecule has 0 radical (unpaired) electrons. The van der Waals surface area contributed by atoms with Crippen LogP contribution in [0.3, 0.4) is 0 Å². The van der Waals surface area contributed by atoms with E-state index in [0.29, 0.717) is 6.54 Å². The molecule has 116 valence electrons. The summed E-state index contributed by atoms with van der Waals surface area (Å²) in [6.45, 7) is 3.25. The largest absolute Gasteiger partial charge is 0.444 e. The number of rotatable bonds is 3. The zero-order valence-electron chi connectivity index (χ0n) is 12.7. The summed E-state index contributed by atoms with van der Waals surface area (Å²) in [5.41, 5.74) is 6.99. The Morgan fingerprint density at radius 2 is 2.27 bits per heavy atom. The lowest BCUT2D eigenvalue weighted by Crippen LogP contribution is -2.27. The second-order valence-corrected chi connectivity index (χ2v) is 5.37. The molecule has 3 rings (SSSR count). The van der Waals surface area contributed by atoms with Crippen LogP contribution in [0.5, 0.6) is 0 Å². The van der Waals surface area contributed by atoms with E-state index >= 15 is 0 Å². The molecular weight excluding hydrogens is 282 g/mol. The van der Waals surface area contributed by atoms with Crippen molar-refractivity contribution in [3.63, 3.8) is 0 Å². The summed E-state index contributed by atoms with van der Waals surface area (Å²) in [5, 5.41) is 4.10. The molecule has 0 saturated carbocycles. The quantitative estimate of drug-likeness (QED) is 0.895. The van der Waals surface area contributed by atoms with E-state index in [1.165, 1.54) is 0 Å². The number of carbonyl (C=O) groups excluding carboxylic acids is 1. The van der Waals surface area contributed by atoms with Crippen molar-refractivity contribution in [2.45, 2.75) is 19.4 Å². The Bertz CT molecular complexity index is 718. The van der Waals surface area contributed by atoms with Gasteiger partial charge in [-0.1, -0.05) is 0 Å². The number of primary amides is 1. The van der Waals surface area contributed by atoms with E-state index in [-0.39, 0.29) is 6.10 Å². The summed E-state index contributed by atoms with van der Waals surface area (Å²) in [4.78, 5) is 22.1. The minimum Gasteiger partial charge on any atom is -0.444 e. The lowest BCUT2D eigenvalue weighted by atomic mass is 10.2. The van der Waals surface area contributed by atoms with Gasteiger partial charge in [-0.3, -0.25) is 0 Å². The van der Waals surface area contributed by atoms with E-state index in [4.69, 9.17) is 10.5 Å². The van der Waals surface area contributed by atoms with Crippen LogP contribution in [-0.2, 0) is 4.74 Å². The molecule has 1 atom stereocenters. The predicted octanol–water partition coefficient (Wildman–Crippen LogP) is 1.65. The fourth-order valence-corrected chi connectivity index (χ4v) is 2.80. The highest BCUT2D eigenvalue weighted by molar-refractivity contribution is 5.91.